The molecule has 1 fully saturated rings. The molecule has 4 rings (SSSR count). The quantitative estimate of drug-likeness (QED) is 0.723. The molecule has 3 aromatic rings. The van der Waals surface area contributed by atoms with Crippen LogP contribution in [-0.4, -0.2) is 56.9 Å². The van der Waals surface area contributed by atoms with Gasteiger partial charge in [-0.3, -0.25) is 4.79 Å². The maximum Gasteiger partial charge on any atom is 0.274 e. The molecule has 2 aromatic heterocycles. The van der Waals surface area contributed by atoms with E-state index in [9.17, 15) is 13.6 Å². The van der Waals surface area contributed by atoms with E-state index in [1.54, 1.807) is 23.4 Å². The van der Waals surface area contributed by atoms with Gasteiger partial charge in [0.1, 0.15) is 28.8 Å². The smallest absolute Gasteiger partial charge is 0.274 e. The van der Waals surface area contributed by atoms with Crippen molar-refractivity contribution in [1.29, 1.82) is 0 Å². The van der Waals surface area contributed by atoms with E-state index >= 15 is 0 Å². The van der Waals surface area contributed by atoms with Crippen LogP contribution in [0.2, 0.25) is 0 Å². The molecule has 8 nitrogen and oxygen atoms in total. The number of nitrogens with one attached hydrogen (secondary N) is 1. The van der Waals surface area contributed by atoms with Crippen molar-refractivity contribution in [1.82, 2.24) is 24.8 Å². The first-order valence-corrected chi connectivity index (χ1v) is 8.96. The van der Waals surface area contributed by atoms with Gasteiger partial charge < -0.3 is 15.1 Å². The number of aromatic nitrogens is 4. The lowest BCUT2D eigenvalue weighted by atomic mass is 10.3. The molecular weight excluding hydrogens is 380 g/mol. The molecule has 148 valence electrons. The van der Waals surface area contributed by atoms with E-state index in [4.69, 9.17) is 0 Å². The maximum absolute atomic E-state index is 13.7. The predicted octanol–water partition coefficient (Wildman–Crippen LogP) is 2.25. The van der Waals surface area contributed by atoms with E-state index in [-0.39, 0.29) is 23.1 Å². The molecule has 0 bridgehead atoms. The lowest BCUT2D eigenvalue weighted by Gasteiger charge is -2.34. The summed E-state index contributed by atoms with van der Waals surface area (Å²) in [6.45, 7) is 2.21. The highest BCUT2D eigenvalue weighted by molar-refractivity contribution is 5.92. The molecule has 29 heavy (non-hydrogen) atoms. The van der Waals surface area contributed by atoms with Crippen LogP contribution in [0.1, 0.15) is 10.5 Å². The molecule has 0 radical (unpaired) electrons. The van der Waals surface area contributed by atoms with Crippen LogP contribution in [0.3, 0.4) is 0 Å². The number of hydrogen-bond acceptors (Lipinski definition) is 7. The van der Waals surface area contributed by atoms with Crippen molar-refractivity contribution in [3.63, 3.8) is 0 Å². The summed E-state index contributed by atoms with van der Waals surface area (Å²) in [5.41, 5.74) is -0.158. The average molecular weight is 397 g/mol. The summed E-state index contributed by atoms with van der Waals surface area (Å²) in [4.78, 5) is 32.9. The Hall–Kier alpha value is -3.69. The lowest BCUT2D eigenvalue weighted by Crippen LogP contribution is -2.49. The minimum atomic E-state index is -0.743. The number of piperazine rings is 1. The van der Waals surface area contributed by atoms with Crippen molar-refractivity contribution in [2.45, 2.75) is 0 Å². The van der Waals surface area contributed by atoms with Crippen LogP contribution in [0.15, 0.2) is 49.1 Å². The van der Waals surface area contributed by atoms with Crippen LogP contribution in [0, 0.1) is 11.6 Å². The van der Waals surface area contributed by atoms with Crippen molar-refractivity contribution in [3.8, 4) is 0 Å². The summed E-state index contributed by atoms with van der Waals surface area (Å²) < 4.78 is 27.4. The number of halogens is 2. The van der Waals surface area contributed by atoms with Gasteiger partial charge in [-0.1, -0.05) is 6.07 Å². The lowest BCUT2D eigenvalue weighted by molar-refractivity contribution is 0.0740. The Balaban J connectivity index is 1.39. The first-order chi connectivity index (χ1) is 14.1. The van der Waals surface area contributed by atoms with Crippen LogP contribution < -0.4 is 10.2 Å². The van der Waals surface area contributed by atoms with Crippen molar-refractivity contribution in [3.05, 3.63) is 66.4 Å². The second-order valence-electron chi connectivity index (χ2n) is 6.34. The van der Waals surface area contributed by atoms with Gasteiger partial charge in [0.2, 0.25) is 5.95 Å². The zero-order valence-electron chi connectivity index (χ0n) is 15.3. The van der Waals surface area contributed by atoms with E-state index in [0.717, 1.165) is 12.1 Å². The van der Waals surface area contributed by atoms with Gasteiger partial charge in [0.25, 0.3) is 5.91 Å². The molecule has 0 saturated carbocycles. The molecule has 0 unspecified atom stereocenters. The molecule has 3 heterocycles. The predicted molar refractivity (Wildman–Crippen MR) is 102 cm³/mol. The highest BCUT2D eigenvalue weighted by Crippen LogP contribution is 2.21. The average Bonchev–Trinajstić information content (AvgIpc) is 2.77. The summed E-state index contributed by atoms with van der Waals surface area (Å²) in [5.74, 6) is -0.971. The molecular formula is C19H17F2N7O. The Morgan fingerprint density at radius 3 is 2.21 bits per heavy atom. The third-order valence-corrected chi connectivity index (χ3v) is 4.49. The van der Waals surface area contributed by atoms with Crippen molar-refractivity contribution >= 4 is 23.4 Å². The Kier molecular flexibility index (Phi) is 5.23. The Morgan fingerprint density at radius 2 is 1.59 bits per heavy atom. The van der Waals surface area contributed by atoms with E-state index in [1.807, 2.05) is 4.90 Å². The highest BCUT2D eigenvalue weighted by Gasteiger charge is 2.24. The van der Waals surface area contributed by atoms with Gasteiger partial charge in [0.05, 0.1) is 12.4 Å². The van der Waals surface area contributed by atoms with Crippen molar-refractivity contribution < 1.29 is 13.6 Å². The summed E-state index contributed by atoms with van der Waals surface area (Å²) in [6.07, 6.45) is 5.92. The Bertz CT molecular complexity index is 973. The third-order valence-electron chi connectivity index (χ3n) is 4.49. The van der Waals surface area contributed by atoms with Gasteiger partial charge in [-0.25, -0.2) is 28.7 Å². The standard InChI is InChI=1S/C19H17F2N7O/c20-13-3-1-4-14(21)17(13)26-16-12-24-15(11-25-16)18(29)27-7-9-28(10-8-27)19-22-5-2-6-23-19/h1-6,11-12H,7-10H2,(H,25,26). The number of hydrogen-bond donors (Lipinski definition) is 1. The number of para-hydroxylation sites is 1. The fraction of sp³-hybridized carbons (Fsp3) is 0.211. The van der Waals surface area contributed by atoms with Crippen LogP contribution in [0.25, 0.3) is 0 Å². The molecule has 10 heteroatoms. The number of carbonyl (C=O) groups is 1. The normalized spacial score (nSPS) is 14.0. The topological polar surface area (TPSA) is 87.1 Å². The molecule has 1 aromatic carbocycles. The van der Waals surface area contributed by atoms with Gasteiger partial charge in [-0.05, 0) is 18.2 Å². The van der Waals surface area contributed by atoms with Gasteiger partial charge >= 0.3 is 0 Å². The fourth-order valence-corrected chi connectivity index (χ4v) is 2.97. The van der Waals surface area contributed by atoms with Gasteiger partial charge in [0, 0.05) is 38.6 Å². The molecule has 0 atom stereocenters. The zero-order chi connectivity index (χ0) is 20.2. The second-order valence-corrected chi connectivity index (χ2v) is 6.34. The number of amides is 1. The number of rotatable bonds is 4. The van der Waals surface area contributed by atoms with Gasteiger partial charge in [0.15, 0.2) is 0 Å². The van der Waals surface area contributed by atoms with Crippen LogP contribution in [-0.2, 0) is 0 Å². The highest BCUT2D eigenvalue weighted by atomic mass is 19.1. The Morgan fingerprint density at radius 1 is 0.897 bits per heavy atom. The first-order valence-electron chi connectivity index (χ1n) is 8.96. The van der Waals surface area contributed by atoms with Crippen molar-refractivity contribution in [2.24, 2.45) is 0 Å². The molecule has 1 N–H and O–H groups in total. The molecule has 1 aliphatic rings. The summed E-state index contributed by atoms with van der Waals surface area (Å²) in [5, 5.41) is 2.54. The van der Waals surface area contributed by atoms with E-state index < -0.39 is 11.6 Å². The van der Waals surface area contributed by atoms with Crippen LogP contribution in [0.4, 0.5) is 26.2 Å². The molecule has 0 spiro atoms. The molecule has 1 amide bonds. The third kappa shape index (κ3) is 4.10. The maximum atomic E-state index is 13.7. The fourth-order valence-electron chi connectivity index (χ4n) is 2.97. The minimum Gasteiger partial charge on any atom is -0.337 e. The van der Waals surface area contributed by atoms with E-state index in [2.05, 4.69) is 25.3 Å². The van der Waals surface area contributed by atoms with Crippen molar-refractivity contribution in [2.75, 3.05) is 36.4 Å². The van der Waals surface area contributed by atoms with Gasteiger partial charge in [-0.15, -0.1) is 0 Å². The second kappa shape index (κ2) is 8.13. The zero-order valence-corrected chi connectivity index (χ0v) is 15.3. The van der Waals surface area contributed by atoms with Gasteiger partial charge in [-0.2, -0.15) is 0 Å². The minimum absolute atomic E-state index is 0.136. The number of anilines is 3. The Labute approximate surface area is 165 Å². The number of benzene rings is 1. The largest absolute Gasteiger partial charge is 0.337 e. The number of carbonyl (C=O) groups excluding carboxylic acids is 1. The summed E-state index contributed by atoms with van der Waals surface area (Å²) in [6, 6.07) is 5.29. The van der Waals surface area contributed by atoms with E-state index in [1.165, 1.54) is 18.5 Å². The molecule has 0 aliphatic carbocycles. The first kappa shape index (κ1) is 18.7. The van der Waals surface area contributed by atoms with E-state index in [0.29, 0.717) is 32.1 Å². The molecule has 1 aliphatic heterocycles. The molecule has 1 saturated heterocycles. The van der Waals surface area contributed by atoms with Crippen LogP contribution >= 0.6 is 0 Å². The SMILES string of the molecule is O=C(c1cnc(Nc2c(F)cccc2F)cn1)N1CCN(c2ncccn2)CC1. The summed E-state index contributed by atoms with van der Waals surface area (Å²) in [7, 11) is 0. The monoisotopic (exact) mass is 397 g/mol. The summed E-state index contributed by atoms with van der Waals surface area (Å²) >= 11 is 0. The van der Waals surface area contributed by atoms with Crippen LogP contribution in [0.5, 0.6) is 0 Å². The number of nitrogens with zero attached hydrogens (tertiary/aromatic N) is 6.